The number of methoxy groups -OCH3 is 2. The third-order valence-electron chi connectivity index (χ3n) is 3.83. The maximum Gasteiger partial charge on any atom is 0.352 e. The van der Waals surface area contributed by atoms with Crippen LogP contribution in [0.4, 0.5) is 17.1 Å². The molecule has 0 saturated heterocycles. The third-order valence-corrected chi connectivity index (χ3v) is 3.83. The molecule has 9 nitrogen and oxygen atoms in total. The Kier molecular flexibility index (Phi) is 4.36. The summed E-state index contributed by atoms with van der Waals surface area (Å²) in [6.45, 7) is 0. The molecule has 0 amide bonds. The number of ether oxygens (including phenoxy) is 2. The molecule has 3 N–H and O–H groups in total. The number of nitro groups is 1. The molecule has 0 atom stereocenters. The van der Waals surface area contributed by atoms with Gasteiger partial charge in [0.25, 0.3) is 5.69 Å². The first-order chi connectivity index (χ1) is 12.4. The van der Waals surface area contributed by atoms with Crippen molar-refractivity contribution in [1.82, 2.24) is 4.98 Å². The van der Waals surface area contributed by atoms with E-state index >= 15 is 0 Å². The van der Waals surface area contributed by atoms with Gasteiger partial charge >= 0.3 is 5.97 Å². The average molecular weight is 357 g/mol. The van der Waals surface area contributed by atoms with Crippen LogP contribution in [0, 0.1) is 10.1 Å². The SMILES string of the molecule is COc1cc(Nc2ccc([N+](=O)[O-])c3[nH]c(C(=O)O)cc23)cc(OC)c1. The Labute approximate surface area is 147 Å². The summed E-state index contributed by atoms with van der Waals surface area (Å²) in [5.74, 6) is -0.0832. The zero-order valence-corrected chi connectivity index (χ0v) is 13.9. The van der Waals surface area contributed by atoms with E-state index < -0.39 is 10.9 Å². The van der Waals surface area contributed by atoms with Crippen LogP contribution in [0.5, 0.6) is 11.5 Å². The number of H-pyrrole nitrogens is 1. The van der Waals surface area contributed by atoms with Gasteiger partial charge in [-0.2, -0.15) is 0 Å². The number of rotatable bonds is 6. The number of aromatic amines is 1. The second kappa shape index (κ2) is 6.63. The van der Waals surface area contributed by atoms with Crippen LogP contribution in [0.25, 0.3) is 10.9 Å². The summed E-state index contributed by atoms with van der Waals surface area (Å²) >= 11 is 0. The van der Waals surface area contributed by atoms with Gasteiger partial charge in [-0.25, -0.2) is 4.79 Å². The zero-order valence-electron chi connectivity index (χ0n) is 13.9. The van der Waals surface area contributed by atoms with Crippen LogP contribution in [-0.4, -0.2) is 35.2 Å². The molecule has 2 aromatic carbocycles. The first-order valence-corrected chi connectivity index (χ1v) is 7.46. The number of fused-ring (bicyclic) bond motifs is 1. The van der Waals surface area contributed by atoms with Crippen molar-refractivity contribution < 1.29 is 24.3 Å². The highest BCUT2D eigenvalue weighted by atomic mass is 16.6. The Morgan fingerprint density at radius 2 is 1.81 bits per heavy atom. The van der Waals surface area contributed by atoms with Gasteiger partial charge in [-0.3, -0.25) is 10.1 Å². The maximum atomic E-state index is 11.2. The molecule has 0 aliphatic rings. The van der Waals surface area contributed by atoms with E-state index in [1.165, 1.54) is 32.4 Å². The van der Waals surface area contributed by atoms with Gasteiger partial charge in [-0.15, -0.1) is 0 Å². The molecule has 0 aliphatic heterocycles. The minimum absolute atomic E-state index is 0.132. The van der Waals surface area contributed by atoms with E-state index in [2.05, 4.69) is 10.3 Å². The van der Waals surface area contributed by atoms with Crippen molar-refractivity contribution >= 4 is 33.9 Å². The van der Waals surface area contributed by atoms with E-state index in [0.717, 1.165) is 0 Å². The number of anilines is 2. The Morgan fingerprint density at radius 1 is 1.15 bits per heavy atom. The lowest BCUT2D eigenvalue weighted by molar-refractivity contribution is -0.383. The van der Waals surface area contributed by atoms with E-state index in [-0.39, 0.29) is 16.9 Å². The number of nitrogens with one attached hydrogen (secondary N) is 2. The number of aromatic carboxylic acids is 1. The summed E-state index contributed by atoms with van der Waals surface area (Å²) in [4.78, 5) is 24.5. The number of carboxylic acid groups (broad SMARTS) is 1. The molecule has 3 aromatic rings. The number of carboxylic acids is 1. The lowest BCUT2D eigenvalue weighted by Gasteiger charge is -2.11. The summed E-state index contributed by atoms with van der Waals surface area (Å²) in [7, 11) is 3.04. The molecule has 0 aliphatic carbocycles. The Bertz CT molecular complexity index is 989. The van der Waals surface area contributed by atoms with Crippen LogP contribution in [0.1, 0.15) is 10.5 Å². The number of aromatic nitrogens is 1. The first-order valence-electron chi connectivity index (χ1n) is 7.46. The van der Waals surface area contributed by atoms with E-state index in [0.29, 0.717) is 28.3 Å². The number of benzene rings is 2. The van der Waals surface area contributed by atoms with Crippen LogP contribution in [0.3, 0.4) is 0 Å². The molecular weight excluding hydrogens is 342 g/mol. The molecule has 0 fully saturated rings. The first kappa shape index (κ1) is 17.1. The molecule has 1 heterocycles. The Balaban J connectivity index is 2.12. The molecule has 26 heavy (non-hydrogen) atoms. The fourth-order valence-corrected chi connectivity index (χ4v) is 2.62. The summed E-state index contributed by atoms with van der Waals surface area (Å²) < 4.78 is 10.4. The van der Waals surface area contributed by atoms with E-state index in [1.807, 2.05) is 0 Å². The minimum atomic E-state index is -1.20. The topological polar surface area (TPSA) is 127 Å². The zero-order chi connectivity index (χ0) is 18.8. The average Bonchev–Trinajstić information content (AvgIpc) is 3.07. The van der Waals surface area contributed by atoms with Gasteiger partial charge in [0.15, 0.2) is 0 Å². The lowest BCUT2D eigenvalue weighted by atomic mass is 10.1. The molecule has 0 unspecified atom stereocenters. The quantitative estimate of drug-likeness (QED) is 0.455. The van der Waals surface area contributed by atoms with Crippen LogP contribution in [-0.2, 0) is 0 Å². The molecule has 134 valence electrons. The van der Waals surface area contributed by atoms with Crippen molar-refractivity contribution in [1.29, 1.82) is 0 Å². The number of hydrogen-bond donors (Lipinski definition) is 3. The number of non-ortho nitro benzene ring substituents is 1. The summed E-state index contributed by atoms with van der Waals surface area (Å²) in [6, 6.07) is 9.33. The molecule has 0 bridgehead atoms. The predicted molar refractivity (Wildman–Crippen MR) is 94.7 cm³/mol. The third kappa shape index (κ3) is 3.09. The molecule has 9 heteroatoms. The monoisotopic (exact) mass is 357 g/mol. The van der Waals surface area contributed by atoms with Gasteiger partial charge in [0.2, 0.25) is 0 Å². The second-order valence-corrected chi connectivity index (χ2v) is 5.39. The molecule has 0 saturated carbocycles. The number of nitro benzene ring substituents is 1. The van der Waals surface area contributed by atoms with Gasteiger partial charge in [0, 0.05) is 41.0 Å². The molecule has 0 radical (unpaired) electrons. The van der Waals surface area contributed by atoms with Gasteiger partial charge in [0.05, 0.1) is 19.1 Å². The largest absolute Gasteiger partial charge is 0.497 e. The lowest BCUT2D eigenvalue weighted by Crippen LogP contribution is -1.96. The number of nitrogens with zero attached hydrogens (tertiary/aromatic N) is 1. The highest BCUT2D eigenvalue weighted by molar-refractivity contribution is 6.03. The van der Waals surface area contributed by atoms with Gasteiger partial charge < -0.3 is 24.9 Å². The maximum absolute atomic E-state index is 11.2. The van der Waals surface area contributed by atoms with Crippen LogP contribution in [0.2, 0.25) is 0 Å². The van der Waals surface area contributed by atoms with Crippen LogP contribution < -0.4 is 14.8 Å². The standard InChI is InChI=1S/C17H15N3O6/c1-25-10-5-9(6-11(7-10)26-2)18-13-3-4-15(20(23)24)16-12(13)8-14(19-16)17(21)22/h3-8,18-19H,1-2H3,(H,21,22). The summed E-state index contributed by atoms with van der Waals surface area (Å²) in [5.41, 5.74) is 0.910. The number of carbonyl (C=O) groups is 1. The van der Waals surface area contributed by atoms with Crippen LogP contribution in [0.15, 0.2) is 36.4 Å². The van der Waals surface area contributed by atoms with Crippen molar-refractivity contribution in [2.45, 2.75) is 0 Å². The van der Waals surface area contributed by atoms with Crippen molar-refractivity contribution in [3.05, 3.63) is 52.2 Å². The summed E-state index contributed by atoms with van der Waals surface area (Å²) in [5, 5.41) is 23.9. The van der Waals surface area contributed by atoms with E-state index in [4.69, 9.17) is 9.47 Å². The van der Waals surface area contributed by atoms with Crippen molar-refractivity contribution in [3.63, 3.8) is 0 Å². The van der Waals surface area contributed by atoms with Gasteiger partial charge in [-0.05, 0) is 12.1 Å². The molecule has 0 spiro atoms. The normalized spacial score (nSPS) is 10.5. The Morgan fingerprint density at radius 3 is 2.35 bits per heavy atom. The van der Waals surface area contributed by atoms with Crippen molar-refractivity contribution in [2.75, 3.05) is 19.5 Å². The minimum Gasteiger partial charge on any atom is -0.497 e. The fourth-order valence-electron chi connectivity index (χ4n) is 2.62. The molecular formula is C17H15N3O6. The number of hydrogen-bond acceptors (Lipinski definition) is 6. The van der Waals surface area contributed by atoms with Crippen molar-refractivity contribution in [3.8, 4) is 11.5 Å². The van der Waals surface area contributed by atoms with E-state index in [9.17, 15) is 20.0 Å². The van der Waals surface area contributed by atoms with Crippen molar-refractivity contribution in [2.24, 2.45) is 0 Å². The highest BCUT2D eigenvalue weighted by Crippen LogP contribution is 2.35. The smallest absolute Gasteiger partial charge is 0.352 e. The predicted octanol–water partition coefficient (Wildman–Crippen LogP) is 3.54. The fraction of sp³-hybridized carbons (Fsp3) is 0.118. The second-order valence-electron chi connectivity index (χ2n) is 5.39. The van der Waals surface area contributed by atoms with E-state index in [1.54, 1.807) is 18.2 Å². The molecule has 3 rings (SSSR count). The van der Waals surface area contributed by atoms with Crippen LogP contribution >= 0.6 is 0 Å². The highest BCUT2D eigenvalue weighted by Gasteiger charge is 2.19. The Hall–Kier alpha value is -3.75. The van der Waals surface area contributed by atoms with Gasteiger partial charge in [-0.1, -0.05) is 0 Å². The van der Waals surface area contributed by atoms with Gasteiger partial charge in [0.1, 0.15) is 22.7 Å². The molecule has 1 aromatic heterocycles. The summed E-state index contributed by atoms with van der Waals surface area (Å²) in [6.07, 6.45) is 0.